The van der Waals surface area contributed by atoms with Gasteiger partial charge in [0.25, 0.3) is 0 Å². The summed E-state index contributed by atoms with van der Waals surface area (Å²) in [6.07, 6.45) is 4.96. The molecule has 0 aliphatic carbocycles. The minimum atomic E-state index is 0.439. The number of piperidine rings is 1. The van der Waals surface area contributed by atoms with E-state index in [1.165, 1.54) is 19.3 Å². The van der Waals surface area contributed by atoms with Gasteiger partial charge < -0.3 is 10.2 Å². The first-order valence-electron chi connectivity index (χ1n) is 7.58. The summed E-state index contributed by atoms with van der Waals surface area (Å²) < 4.78 is 0. The van der Waals surface area contributed by atoms with Gasteiger partial charge in [0.05, 0.1) is 5.69 Å². The summed E-state index contributed by atoms with van der Waals surface area (Å²) >= 11 is 0. The van der Waals surface area contributed by atoms with Gasteiger partial charge >= 0.3 is 0 Å². The fourth-order valence-corrected chi connectivity index (χ4v) is 2.33. The minimum absolute atomic E-state index is 0.439. The highest BCUT2D eigenvalue weighted by Gasteiger charge is 2.16. The van der Waals surface area contributed by atoms with Crippen LogP contribution in [0.25, 0.3) is 0 Å². The summed E-state index contributed by atoms with van der Waals surface area (Å²) in [4.78, 5) is 11.7. The van der Waals surface area contributed by atoms with Crippen molar-refractivity contribution < 1.29 is 0 Å². The number of hydrogen-bond donors (Lipinski definition) is 1. The van der Waals surface area contributed by atoms with E-state index in [-0.39, 0.29) is 0 Å². The highest BCUT2D eigenvalue weighted by Crippen LogP contribution is 2.22. The Labute approximate surface area is 116 Å². The molecule has 2 heterocycles. The molecular formula is C15H26N4. The SMILES string of the molecule is CCCNc1cc(C(C)C)nc(N2CCCCC2)n1. The molecule has 0 atom stereocenters. The third-order valence-corrected chi connectivity index (χ3v) is 3.52. The molecule has 1 fully saturated rings. The summed E-state index contributed by atoms with van der Waals surface area (Å²) in [5.41, 5.74) is 1.13. The Morgan fingerprint density at radius 1 is 1.21 bits per heavy atom. The first kappa shape index (κ1) is 14.1. The fourth-order valence-electron chi connectivity index (χ4n) is 2.33. The second-order valence-corrected chi connectivity index (χ2v) is 5.61. The van der Waals surface area contributed by atoms with Crippen molar-refractivity contribution in [3.8, 4) is 0 Å². The molecule has 106 valence electrons. The third kappa shape index (κ3) is 3.82. The van der Waals surface area contributed by atoms with Crippen LogP contribution >= 0.6 is 0 Å². The van der Waals surface area contributed by atoms with Crippen molar-refractivity contribution in [2.75, 3.05) is 29.9 Å². The number of rotatable bonds is 5. The number of anilines is 2. The molecule has 1 aliphatic heterocycles. The second kappa shape index (κ2) is 6.73. The van der Waals surface area contributed by atoms with Gasteiger partial charge in [-0.3, -0.25) is 0 Å². The number of hydrogen-bond acceptors (Lipinski definition) is 4. The number of nitrogens with one attached hydrogen (secondary N) is 1. The van der Waals surface area contributed by atoms with Gasteiger partial charge in [-0.15, -0.1) is 0 Å². The molecule has 0 unspecified atom stereocenters. The molecule has 1 saturated heterocycles. The molecule has 4 heteroatoms. The summed E-state index contributed by atoms with van der Waals surface area (Å²) in [5, 5.41) is 3.39. The molecule has 1 N–H and O–H groups in total. The van der Waals surface area contributed by atoms with E-state index in [1.807, 2.05) is 0 Å². The van der Waals surface area contributed by atoms with Gasteiger partial charge in [0.1, 0.15) is 5.82 Å². The van der Waals surface area contributed by atoms with Gasteiger partial charge in [-0.25, -0.2) is 4.98 Å². The summed E-state index contributed by atoms with van der Waals surface area (Å²) in [6, 6.07) is 2.09. The Morgan fingerprint density at radius 2 is 1.95 bits per heavy atom. The zero-order valence-electron chi connectivity index (χ0n) is 12.4. The normalized spacial score (nSPS) is 15.9. The van der Waals surface area contributed by atoms with Crippen molar-refractivity contribution in [2.45, 2.75) is 52.4 Å². The van der Waals surface area contributed by atoms with Crippen LogP contribution in [0.1, 0.15) is 58.1 Å². The quantitative estimate of drug-likeness (QED) is 0.883. The van der Waals surface area contributed by atoms with E-state index in [2.05, 4.69) is 42.0 Å². The van der Waals surface area contributed by atoms with Crippen LogP contribution in [0.15, 0.2) is 6.07 Å². The maximum atomic E-state index is 4.74. The topological polar surface area (TPSA) is 41.1 Å². The average molecular weight is 262 g/mol. The largest absolute Gasteiger partial charge is 0.370 e. The van der Waals surface area contributed by atoms with Crippen LogP contribution in [0, 0.1) is 0 Å². The van der Waals surface area contributed by atoms with Crippen LogP contribution in [0.5, 0.6) is 0 Å². The standard InChI is InChI=1S/C15H26N4/c1-4-8-16-14-11-13(12(2)3)17-15(18-14)19-9-6-5-7-10-19/h11-12H,4-10H2,1-3H3,(H,16,17,18). The Morgan fingerprint density at radius 3 is 2.58 bits per heavy atom. The lowest BCUT2D eigenvalue weighted by atomic mass is 10.1. The van der Waals surface area contributed by atoms with Gasteiger partial charge in [0.2, 0.25) is 5.95 Å². The third-order valence-electron chi connectivity index (χ3n) is 3.52. The minimum Gasteiger partial charge on any atom is -0.370 e. The second-order valence-electron chi connectivity index (χ2n) is 5.61. The monoisotopic (exact) mass is 262 g/mol. The van der Waals surface area contributed by atoms with E-state index in [0.29, 0.717) is 5.92 Å². The molecule has 0 radical (unpaired) electrons. The molecule has 1 aromatic rings. The van der Waals surface area contributed by atoms with E-state index in [0.717, 1.165) is 43.5 Å². The average Bonchev–Trinajstić information content (AvgIpc) is 2.45. The highest BCUT2D eigenvalue weighted by molar-refractivity contribution is 5.44. The molecule has 1 aromatic heterocycles. The Hall–Kier alpha value is -1.32. The lowest BCUT2D eigenvalue weighted by molar-refractivity contribution is 0.566. The fraction of sp³-hybridized carbons (Fsp3) is 0.733. The summed E-state index contributed by atoms with van der Waals surface area (Å²) in [7, 11) is 0. The Balaban J connectivity index is 2.22. The van der Waals surface area contributed by atoms with Gasteiger partial charge in [-0.2, -0.15) is 4.98 Å². The lowest BCUT2D eigenvalue weighted by Gasteiger charge is -2.27. The summed E-state index contributed by atoms with van der Waals surface area (Å²) in [5.74, 6) is 2.32. The van der Waals surface area contributed by atoms with Crippen molar-refractivity contribution in [3.63, 3.8) is 0 Å². The maximum Gasteiger partial charge on any atom is 0.227 e. The molecule has 0 spiro atoms. The van der Waals surface area contributed by atoms with Gasteiger partial charge in [0.15, 0.2) is 0 Å². The Bertz CT molecular complexity index is 397. The van der Waals surface area contributed by atoms with Crippen LogP contribution < -0.4 is 10.2 Å². The van der Waals surface area contributed by atoms with Crippen LogP contribution in [-0.2, 0) is 0 Å². The van der Waals surface area contributed by atoms with Crippen molar-refractivity contribution >= 4 is 11.8 Å². The van der Waals surface area contributed by atoms with Crippen molar-refractivity contribution in [3.05, 3.63) is 11.8 Å². The first-order valence-corrected chi connectivity index (χ1v) is 7.58. The molecule has 2 rings (SSSR count). The van der Waals surface area contributed by atoms with E-state index >= 15 is 0 Å². The van der Waals surface area contributed by atoms with Crippen molar-refractivity contribution in [1.82, 2.24) is 9.97 Å². The molecular weight excluding hydrogens is 236 g/mol. The molecule has 19 heavy (non-hydrogen) atoms. The number of aromatic nitrogens is 2. The van der Waals surface area contributed by atoms with Crippen LogP contribution in [-0.4, -0.2) is 29.6 Å². The maximum absolute atomic E-state index is 4.74. The van der Waals surface area contributed by atoms with Crippen molar-refractivity contribution in [1.29, 1.82) is 0 Å². The molecule has 0 amide bonds. The van der Waals surface area contributed by atoms with Gasteiger partial charge in [0, 0.05) is 25.7 Å². The number of nitrogens with zero attached hydrogens (tertiary/aromatic N) is 3. The first-order chi connectivity index (χ1) is 9.20. The smallest absolute Gasteiger partial charge is 0.227 e. The highest BCUT2D eigenvalue weighted by atomic mass is 15.3. The van der Waals surface area contributed by atoms with Crippen LogP contribution in [0.2, 0.25) is 0 Å². The zero-order valence-corrected chi connectivity index (χ0v) is 12.4. The molecule has 4 nitrogen and oxygen atoms in total. The van der Waals surface area contributed by atoms with E-state index in [1.54, 1.807) is 0 Å². The predicted molar refractivity (Wildman–Crippen MR) is 81.0 cm³/mol. The zero-order chi connectivity index (χ0) is 13.7. The Kier molecular flexibility index (Phi) is 5.00. The molecule has 1 aliphatic rings. The van der Waals surface area contributed by atoms with Crippen LogP contribution in [0.4, 0.5) is 11.8 Å². The van der Waals surface area contributed by atoms with Crippen LogP contribution in [0.3, 0.4) is 0 Å². The van der Waals surface area contributed by atoms with Crippen molar-refractivity contribution in [2.24, 2.45) is 0 Å². The molecule has 0 aromatic carbocycles. The van der Waals surface area contributed by atoms with Gasteiger partial charge in [-0.1, -0.05) is 20.8 Å². The van der Waals surface area contributed by atoms with E-state index < -0.39 is 0 Å². The van der Waals surface area contributed by atoms with Gasteiger partial charge in [-0.05, 0) is 31.6 Å². The predicted octanol–water partition coefficient (Wildman–Crippen LogP) is 3.41. The molecule has 0 bridgehead atoms. The lowest BCUT2D eigenvalue weighted by Crippen LogP contribution is -2.31. The molecule has 0 saturated carbocycles. The van der Waals surface area contributed by atoms with E-state index in [9.17, 15) is 0 Å². The van der Waals surface area contributed by atoms with E-state index in [4.69, 9.17) is 4.98 Å². The summed E-state index contributed by atoms with van der Waals surface area (Å²) in [6.45, 7) is 9.69.